The van der Waals surface area contributed by atoms with Crippen molar-refractivity contribution in [1.29, 1.82) is 0 Å². The first-order valence-electron chi connectivity index (χ1n) is 8.43. The highest BCUT2D eigenvalue weighted by atomic mass is 32.2. The Morgan fingerprint density at radius 1 is 1.12 bits per heavy atom. The van der Waals surface area contributed by atoms with Crippen molar-refractivity contribution in [2.24, 2.45) is 17.0 Å². The Hall–Kier alpha value is -1.90. The minimum absolute atomic E-state index is 0.0949. The summed E-state index contributed by atoms with van der Waals surface area (Å²) in [5, 5.41) is 10.7. The van der Waals surface area contributed by atoms with Crippen LogP contribution in [0.2, 0.25) is 0 Å². The molecule has 0 aliphatic carbocycles. The van der Waals surface area contributed by atoms with Crippen molar-refractivity contribution in [3.05, 3.63) is 52.9 Å². The van der Waals surface area contributed by atoms with Gasteiger partial charge in [0.15, 0.2) is 0 Å². The van der Waals surface area contributed by atoms with Gasteiger partial charge in [0, 0.05) is 11.4 Å². The highest BCUT2D eigenvalue weighted by molar-refractivity contribution is 7.91. The van der Waals surface area contributed by atoms with Crippen LogP contribution in [0.3, 0.4) is 0 Å². The third-order valence-corrected chi connectivity index (χ3v) is 6.67. The fraction of sp³-hybridized carbons (Fsp3) is 0.389. The number of nitrogens with two attached hydrogens (primary N) is 1. The number of hydrogen-bond acceptors (Lipinski definition) is 4. The van der Waals surface area contributed by atoms with Gasteiger partial charge in [0.2, 0.25) is 10.0 Å². The molecule has 0 bridgehead atoms. The second-order valence-corrected chi connectivity index (χ2v) is 9.48. The molecule has 1 aromatic heterocycles. The fourth-order valence-electron chi connectivity index (χ4n) is 2.52. The predicted octanol–water partition coefficient (Wildman–Crippen LogP) is 2.71. The topological polar surface area (TPSA) is 101 Å². The zero-order chi connectivity index (χ0) is 19.2. The van der Waals surface area contributed by atoms with Gasteiger partial charge in [-0.25, -0.2) is 18.4 Å². The fourth-order valence-corrected chi connectivity index (χ4v) is 4.24. The van der Waals surface area contributed by atoms with Gasteiger partial charge in [-0.1, -0.05) is 44.2 Å². The monoisotopic (exact) mass is 395 g/mol. The molecule has 0 unspecified atom stereocenters. The van der Waals surface area contributed by atoms with E-state index in [9.17, 15) is 13.2 Å². The molecule has 1 atom stereocenters. The molecule has 8 heteroatoms. The van der Waals surface area contributed by atoms with Gasteiger partial charge in [-0.2, -0.15) is 0 Å². The van der Waals surface area contributed by atoms with Gasteiger partial charge in [-0.05, 0) is 36.0 Å². The average molecular weight is 396 g/mol. The Bertz CT molecular complexity index is 817. The molecule has 142 valence electrons. The first-order chi connectivity index (χ1) is 12.3. The molecule has 2 amide bonds. The number of carbonyl (C=O) groups is 1. The molecule has 1 aromatic carbocycles. The first-order valence-corrected chi connectivity index (χ1v) is 10.8. The minimum Gasteiger partial charge on any atom is -0.338 e. The van der Waals surface area contributed by atoms with E-state index >= 15 is 0 Å². The van der Waals surface area contributed by atoms with Crippen LogP contribution in [0.5, 0.6) is 0 Å². The molecule has 1 heterocycles. The Morgan fingerprint density at radius 2 is 1.81 bits per heavy atom. The first kappa shape index (κ1) is 20.4. The number of urea groups is 1. The van der Waals surface area contributed by atoms with Crippen LogP contribution in [0.4, 0.5) is 4.79 Å². The van der Waals surface area contributed by atoms with Crippen molar-refractivity contribution in [1.82, 2.24) is 10.6 Å². The maximum atomic E-state index is 12.0. The molecule has 0 fully saturated rings. The van der Waals surface area contributed by atoms with Crippen molar-refractivity contribution in [2.75, 3.05) is 6.54 Å². The summed E-state index contributed by atoms with van der Waals surface area (Å²) in [5.74, 6) is 0.768. The summed E-state index contributed by atoms with van der Waals surface area (Å²) in [6.07, 6.45) is 0.904. The zero-order valence-electron chi connectivity index (χ0n) is 14.9. The number of benzene rings is 1. The van der Waals surface area contributed by atoms with E-state index in [0.29, 0.717) is 18.4 Å². The molecule has 26 heavy (non-hydrogen) atoms. The number of carbonyl (C=O) groups excluding carboxylic acids is 1. The molecule has 0 radical (unpaired) electrons. The van der Waals surface area contributed by atoms with E-state index in [-0.39, 0.29) is 16.8 Å². The Labute approximate surface area is 158 Å². The third kappa shape index (κ3) is 6.44. The maximum absolute atomic E-state index is 12.0. The van der Waals surface area contributed by atoms with E-state index in [1.54, 1.807) is 6.07 Å². The molecular weight excluding hydrogens is 370 g/mol. The number of nitrogens with one attached hydrogen (secondary N) is 2. The van der Waals surface area contributed by atoms with Crippen LogP contribution in [-0.4, -0.2) is 21.0 Å². The normalized spacial score (nSPS) is 12.8. The summed E-state index contributed by atoms with van der Waals surface area (Å²) < 4.78 is 22.6. The van der Waals surface area contributed by atoms with E-state index in [2.05, 4.69) is 36.6 Å². The van der Waals surface area contributed by atoms with E-state index in [0.717, 1.165) is 22.6 Å². The second kappa shape index (κ2) is 9.16. The number of primary sulfonamides is 1. The molecule has 0 aliphatic rings. The van der Waals surface area contributed by atoms with Crippen molar-refractivity contribution >= 4 is 27.4 Å². The third-order valence-electron chi connectivity index (χ3n) is 4.15. The van der Waals surface area contributed by atoms with Gasteiger partial charge in [0.25, 0.3) is 0 Å². The SMILES string of the molecule is CC(C)[C@@H](CNC(=O)NCc1ccc(S(N)(=O)=O)s1)Cc1ccccc1. The lowest BCUT2D eigenvalue weighted by Gasteiger charge is -2.21. The molecule has 2 rings (SSSR count). The molecule has 0 saturated heterocycles. The zero-order valence-corrected chi connectivity index (χ0v) is 16.6. The number of thiophene rings is 1. The van der Waals surface area contributed by atoms with Gasteiger partial charge in [-0.3, -0.25) is 0 Å². The number of rotatable bonds is 8. The molecule has 2 aromatic rings. The lowest BCUT2D eigenvalue weighted by Crippen LogP contribution is -2.39. The van der Waals surface area contributed by atoms with Crippen LogP contribution in [0, 0.1) is 11.8 Å². The highest BCUT2D eigenvalue weighted by Crippen LogP contribution is 2.20. The second-order valence-electron chi connectivity index (χ2n) is 6.52. The molecule has 0 saturated carbocycles. The summed E-state index contributed by atoms with van der Waals surface area (Å²) in [5.41, 5.74) is 1.25. The largest absolute Gasteiger partial charge is 0.338 e. The van der Waals surface area contributed by atoms with Crippen LogP contribution in [0.25, 0.3) is 0 Å². The van der Waals surface area contributed by atoms with Crippen LogP contribution < -0.4 is 15.8 Å². The van der Waals surface area contributed by atoms with E-state index < -0.39 is 10.0 Å². The lowest BCUT2D eigenvalue weighted by molar-refractivity contribution is 0.236. The molecule has 4 N–H and O–H groups in total. The number of sulfonamides is 1. The Balaban J connectivity index is 1.81. The quantitative estimate of drug-likeness (QED) is 0.640. The molecule has 6 nitrogen and oxygen atoms in total. The van der Waals surface area contributed by atoms with Crippen molar-refractivity contribution < 1.29 is 13.2 Å². The van der Waals surface area contributed by atoms with Gasteiger partial charge in [0.1, 0.15) is 4.21 Å². The molecule has 0 spiro atoms. The number of hydrogen-bond donors (Lipinski definition) is 3. The van der Waals surface area contributed by atoms with E-state index in [1.807, 2.05) is 18.2 Å². The minimum atomic E-state index is -3.69. The van der Waals surface area contributed by atoms with E-state index in [4.69, 9.17) is 5.14 Å². The van der Waals surface area contributed by atoms with Crippen molar-refractivity contribution in [2.45, 2.75) is 31.0 Å². The van der Waals surface area contributed by atoms with Crippen molar-refractivity contribution in [3.8, 4) is 0 Å². The summed E-state index contributed by atoms with van der Waals surface area (Å²) in [6, 6.07) is 13.0. The Kier molecular flexibility index (Phi) is 7.19. The van der Waals surface area contributed by atoms with Gasteiger partial charge < -0.3 is 10.6 Å². The molecular formula is C18H25N3O3S2. The summed E-state index contributed by atoms with van der Waals surface area (Å²) in [6.45, 7) is 5.13. The van der Waals surface area contributed by atoms with Crippen LogP contribution >= 0.6 is 11.3 Å². The molecule has 0 aliphatic heterocycles. The van der Waals surface area contributed by atoms with Gasteiger partial charge in [-0.15, -0.1) is 11.3 Å². The Morgan fingerprint density at radius 3 is 2.38 bits per heavy atom. The standard InChI is InChI=1S/C18H25N3O3S2/c1-13(2)15(10-14-6-4-3-5-7-14)11-20-18(22)21-12-16-8-9-17(25-16)26(19,23)24/h3-9,13,15H,10-12H2,1-2H3,(H2,19,23,24)(H2,20,21,22)/t15-/m1/s1. The van der Waals surface area contributed by atoms with Gasteiger partial charge >= 0.3 is 6.03 Å². The summed E-state index contributed by atoms with van der Waals surface area (Å²) in [7, 11) is -3.69. The highest BCUT2D eigenvalue weighted by Gasteiger charge is 2.16. The lowest BCUT2D eigenvalue weighted by atomic mass is 9.89. The predicted molar refractivity (Wildman–Crippen MR) is 104 cm³/mol. The maximum Gasteiger partial charge on any atom is 0.315 e. The summed E-state index contributed by atoms with van der Waals surface area (Å²) >= 11 is 1.06. The smallest absolute Gasteiger partial charge is 0.315 e. The van der Waals surface area contributed by atoms with Crippen LogP contribution in [-0.2, 0) is 23.0 Å². The van der Waals surface area contributed by atoms with E-state index in [1.165, 1.54) is 11.6 Å². The average Bonchev–Trinajstić information content (AvgIpc) is 3.07. The van der Waals surface area contributed by atoms with Crippen LogP contribution in [0.1, 0.15) is 24.3 Å². The van der Waals surface area contributed by atoms with Crippen molar-refractivity contribution in [3.63, 3.8) is 0 Å². The summed E-state index contributed by atoms with van der Waals surface area (Å²) in [4.78, 5) is 12.8. The number of amides is 2. The van der Waals surface area contributed by atoms with Crippen LogP contribution in [0.15, 0.2) is 46.7 Å². The van der Waals surface area contributed by atoms with Gasteiger partial charge in [0.05, 0.1) is 6.54 Å².